The van der Waals surface area contributed by atoms with Crippen LogP contribution in [-0.4, -0.2) is 25.1 Å². The molecule has 0 saturated heterocycles. The molecule has 0 aliphatic rings. The molecule has 1 aromatic heterocycles. The highest BCUT2D eigenvalue weighted by Gasteiger charge is 2.11. The zero-order valence-electron chi connectivity index (χ0n) is 15.4. The van der Waals surface area contributed by atoms with Crippen molar-refractivity contribution in [2.75, 3.05) is 24.9 Å². The summed E-state index contributed by atoms with van der Waals surface area (Å²) in [6.45, 7) is 0. The first kappa shape index (κ1) is 18.7. The van der Waals surface area contributed by atoms with Crippen LogP contribution < -0.4 is 20.1 Å². The number of pyridine rings is 1. The summed E-state index contributed by atoms with van der Waals surface area (Å²) in [5.74, 6) is 0.742. The molecule has 0 unspecified atom stereocenters. The van der Waals surface area contributed by atoms with Crippen molar-refractivity contribution >= 4 is 23.0 Å². The largest absolute Gasteiger partial charge is 0.493 e. The lowest BCUT2D eigenvalue weighted by Crippen LogP contribution is -2.13. The van der Waals surface area contributed by atoms with Crippen molar-refractivity contribution in [3.8, 4) is 17.6 Å². The number of carbonyl (C=O) groups is 1. The number of nitrogens with one attached hydrogen (secondary N) is 2. The molecule has 140 valence electrons. The Balaban J connectivity index is 1.71. The number of benzene rings is 2. The lowest BCUT2D eigenvalue weighted by molar-refractivity contribution is 0.102. The van der Waals surface area contributed by atoms with Crippen LogP contribution >= 0.6 is 0 Å². The first-order valence-corrected chi connectivity index (χ1v) is 8.40. The zero-order valence-corrected chi connectivity index (χ0v) is 15.4. The number of carbonyl (C=O) groups excluding carboxylic acids is 1. The van der Waals surface area contributed by atoms with E-state index in [4.69, 9.17) is 14.7 Å². The summed E-state index contributed by atoms with van der Waals surface area (Å²) in [6.07, 6.45) is 1.54. The second kappa shape index (κ2) is 8.56. The van der Waals surface area contributed by atoms with Gasteiger partial charge in [-0.15, -0.1) is 0 Å². The molecule has 0 aliphatic carbocycles. The molecule has 3 aromatic rings. The Labute approximate surface area is 162 Å². The normalized spacial score (nSPS) is 9.89. The molecule has 0 spiro atoms. The van der Waals surface area contributed by atoms with E-state index in [9.17, 15) is 4.79 Å². The monoisotopic (exact) mass is 374 g/mol. The van der Waals surface area contributed by atoms with E-state index in [0.717, 1.165) is 0 Å². The Kier molecular flexibility index (Phi) is 5.72. The number of anilines is 3. The fourth-order valence-electron chi connectivity index (χ4n) is 2.56. The maximum absolute atomic E-state index is 12.4. The molecule has 1 heterocycles. The van der Waals surface area contributed by atoms with Gasteiger partial charge >= 0.3 is 0 Å². The average Bonchev–Trinajstić information content (AvgIpc) is 2.74. The molecule has 2 aromatic carbocycles. The number of hydrogen-bond acceptors (Lipinski definition) is 6. The lowest BCUT2D eigenvalue weighted by Gasteiger charge is -2.11. The van der Waals surface area contributed by atoms with Crippen molar-refractivity contribution in [2.45, 2.75) is 0 Å². The molecule has 0 fully saturated rings. The highest BCUT2D eigenvalue weighted by atomic mass is 16.5. The van der Waals surface area contributed by atoms with Crippen molar-refractivity contribution in [3.05, 3.63) is 72.1 Å². The van der Waals surface area contributed by atoms with E-state index >= 15 is 0 Å². The van der Waals surface area contributed by atoms with Crippen molar-refractivity contribution in [3.63, 3.8) is 0 Å². The van der Waals surface area contributed by atoms with Crippen molar-refractivity contribution in [1.29, 1.82) is 5.26 Å². The van der Waals surface area contributed by atoms with Gasteiger partial charge in [0, 0.05) is 11.8 Å². The molecule has 2 N–H and O–H groups in total. The number of nitrogens with zero attached hydrogens (tertiary/aromatic N) is 2. The smallest absolute Gasteiger partial charge is 0.274 e. The van der Waals surface area contributed by atoms with Crippen LogP contribution in [0.25, 0.3) is 0 Å². The third kappa shape index (κ3) is 4.19. The Bertz CT molecular complexity index is 1030. The fraction of sp³-hybridized carbons (Fsp3) is 0.0952. The topological polar surface area (TPSA) is 96.3 Å². The number of ether oxygens (including phenoxy) is 2. The van der Waals surface area contributed by atoms with E-state index in [1.54, 1.807) is 55.6 Å². The molecule has 1 amide bonds. The predicted molar refractivity (Wildman–Crippen MR) is 106 cm³/mol. The first-order valence-electron chi connectivity index (χ1n) is 8.40. The molecule has 7 heteroatoms. The van der Waals surface area contributed by atoms with Crippen LogP contribution in [0.2, 0.25) is 0 Å². The maximum atomic E-state index is 12.4. The van der Waals surface area contributed by atoms with E-state index in [1.807, 2.05) is 6.07 Å². The summed E-state index contributed by atoms with van der Waals surface area (Å²) >= 11 is 0. The van der Waals surface area contributed by atoms with Gasteiger partial charge in [-0.25, -0.2) is 4.98 Å². The summed E-state index contributed by atoms with van der Waals surface area (Å²) in [5.41, 5.74) is 2.70. The second-order valence-corrected chi connectivity index (χ2v) is 5.74. The van der Waals surface area contributed by atoms with E-state index in [0.29, 0.717) is 34.1 Å². The summed E-state index contributed by atoms with van der Waals surface area (Å²) < 4.78 is 10.4. The molecule has 0 atom stereocenters. The van der Waals surface area contributed by atoms with Gasteiger partial charge in [0.05, 0.1) is 37.4 Å². The van der Waals surface area contributed by atoms with Gasteiger partial charge in [-0.05, 0) is 36.4 Å². The van der Waals surface area contributed by atoms with Crippen LogP contribution in [0, 0.1) is 11.3 Å². The number of aromatic nitrogens is 1. The Morgan fingerprint density at radius 3 is 2.43 bits per heavy atom. The van der Waals surface area contributed by atoms with Crippen LogP contribution in [0.15, 0.2) is 60.8 Å². The molecule has 0 saturated carbocycles. The van der Waals surface area contributed by atoms with E-state index < -0.39 is 0 Å². The summed E-state index contributed by atoms with van der Waals surface area (Å²) in [4.78, 5) is 16.6. The van der Waals surface area contributed by atoms with Crippen LogP contribution in [0.3, 0.4) is 0 Å². The molecule has 0 radical (unpaired) electrons. The molecular weight excluding hydrogens is 356 g/mol. The Morgan fingerprint density at radius 1 is 1.00 bits per heavy atom. The van der Waals surface area contributed by atoms with Crippen molar-refractivity contribution in [2.24, 2.45) is 0 Å². The summed E-state index contributed by atoms with van der Waals surface area (Å²) in [5, 5.41) is 15.0. The van der Waals surface area contributed by atoms with Crippen LogP contribution in [0.5, 0.6) is 11.5 Å². The number of nitriles is 1. The third-order valence-corrected chi connectivity index (χ3v) is 3.96. The van der Waals surface area contributed by atoms with Gasteiger partial charge in [-0.1, -0.05) is 12.1 Å². The molecule has 7 nitrogen and oxygen atoms in total. The van der Waals surface area contributed by atoms with Crippen molar-refractivity contribution < 1.29 is 14.3 Å². The molecule has 0 aliphatic heterocycles. The number of methoxy groups -OCH3 is 2. The van der Waals surface area contributed by atoms with Gasteiger partial charge in [0.2, 0.25) is 0 Å². The highest BCUT2D eigenvalue weighted by molar-refractivity contribution is 6.03. The Morgan fingerprint density at radius 2 is 1.75 bits per heavy atom. The van der Waals surface area contributed by atoms with E-state index in [1.165, 1.54) is 13.3 Å². The van der Waals surface area contributed by atoms with Gasteiger partial charge in [-0.3, -0.25) is 4.79 Å². The minimum Gasteiger partial charge on any atom is -0.493 e. The van der Waals surface area contributed by atoms with Crippen LogP contribution in [-0.2, 0) is 0 Å². The standard InChI is InChI=1S/C21H18N4O3/c1-27-19-10-8-15(11-20(19)28-2)25-21(26)18-9-7-16(13-23-18)24-17-6-4-3-5-14(17)12-22/h3-11,13,24H,1-2H3,(H,25,26). The van der Waals surface area contributed by atoms with Gasteiger partial charge in [-0.2, -0.15) is 5.26 Å². The highest BCUT2D eigenvalue weighted by Crippen LogP contribution is 2.30. The predicted octanol–water partition coefficient (Wildman–Crippen LogP) is 3.97. The van der Waals surface area contributed by atoms with Gasteiger partial charge < -0.3 is 20.1 Å². The number of para-hydroxylation sites is 1. The van der Waals surface area contributed by atoms with Gasteiger partial charge in [0.15, 0.2) is 11.5 Å². The third-order valence-electron chi connectivity index (χ3n) is 3.96. The fourth-order valence-corrected chi connectivity index (χ4v) is 2.56. The SMILES string of the molecule is COc1ccc(NC(=O)c2ccc(Nc3ccccc3C#N)cn2)cc1OC. The van der Waals surface area contributed by atoms with Crippen LogP contribution in [0.4, 0.5) is 17.1 Å². The summed E-state index contributed by atoms with van der Waals surface area (Å²) in [6, 6.07) is 17.7. The lowest BCUT2D eigenvalue weighted by atomic mass is 10.2. The van der Waals surface area contributed by atoms with Gasteiger partial charge in [0.1, 0.15) is 11.8 Å². The van der Waals surface area contributed by atoms with Crippen LogP contribution in [0.1, 0.15) is 16.1 Å². The molecule has 3 rings (SSSR count). The zero-order chi connectivity index (χ0) is 19.9. The van der Waals surface area contributed by atoms with E-state index in [2.05, 4.69) is 21.7 Å². The quantitative estimate of drug-likeness (QED) is 0.678. The van der Waals surface area contributed by atoms with Gasteiger partial charge in [0.25, 0.3) is 5.91 Å². The molecule has 0 bridgehead atoms. The Hall–Kier alpha value is -4.05. The number of amides is 1. The number of rotatable bonds is 6. The van der Waals surface area contributed by atoms with E-state index in [-0.39, 0.29) is 11.6 Å². The summed E-state index contributed by atoms with van der Waals surface area (Å²) in [7, 11) is 3.08. The minimum absolute atomic E-state index is 0.258. The maximum Gasteiger partial charge on any atom is 0.274 e. The minimum atomic E-state index is -0.351. The molecular formula is C21H18N4O3. The second-order valence-electron chi connectivity index (χ2n) is 5.74. The molecule has 28 heavy (non-hydrogen) atoms. The van der Waals surface area contributed by atoms with Crippen molar-refractivity contribution in [1.82, 2.24) is 4.98 Å². The average molecular weight is 374 g/mol. The first-order chi connectivity index (χ1) is 13.6. The number of hydrogen-bond donors (Lipinski definition) is 2.